The van der Waals surface area contributed by atoms with E-state index in [1.54, 1.807) is 0 Å². The van der Waals surface area contributed by atoms with Gasteiger partial charge in [0.2, 0.25) is 0 Å². The molecule has 1 saturated heterocycles. The van der Waals surface area contributed by atoms with Crippen molar-refractivity contribution in [3.05, 3.63) is 34.9 Å². The number of ether oxygens (including phenoxy) is 1. The summed E-state index contributed by atoms with van der Waals surface area (Å²) in [4.78, 5) is 0. The molecule has 1 aliphatic heterocycles. The van der Waals surface area contributed by atoms with E-state index >= 15 is 0 Å². The molecule has 0 aliphatic carbocycles. The maximum Gasteiger partial charge on any atom is 0.0646 e. The van der Waals surface area contributed by atoms with Crippen LogP contribution in [0.2, 0.25) is 0 Å². The Bertz CT molecular complexity index is 347. The van der Waals surface area contributed by atoms with Gasteiger partial charge in [-0.2, -0.15) is 0 Å². The number of nitrogens with one attached hydrogen (secondary N) is 1. The highest BCUT2D eigenvalue weighted by Crippen LogP contribution is 2.20. The van der Waals surface area contributed by atoms with Crippen LogP contribution in [0.15, 0.2) is 18.2 Å². The minimum atomic E-state index is 0.161. The summed E-state index contributed by atoms with van der Waals surface area (Å²) in [6.45, 7) is 9.26. The van der Waals surface area contributed by atoms with Gasteiger partial charge in [-0.3, -0.25) is 0 Å². The summed E-state index contributed by atoms with van der Waals surface area (Å²) in [7, 11) is 0. The molecule has 0 bridgehead atoms. The number of benzene rings is 1. The molecule has 1 N–H and O–H groups in total. The molecule has 1 atom stereocenters. The van der Waals surface area contributed by atoms with Crippen LogP contribution in [-0.2, 0) is 11.3 Å². The maximum absolute atomic E-state index is 5.45. The molecule has 0 radical (unpaired) electrons. The van der Waals surface area contributed by atoms with E-state index in [0.29, 0.717) is 0 Å². The van der Waals surface area contributed by atoms with Crippen LogP contribution in [0.5, 0.6) is 0 Å². The first-order valence-corrected chi connectivity index (χ1v) is 5.99. The molecule has 2 rings (SSSR count). The summed E-state index contributed by atoms with van der Waals surface area (Å²) < 4.78 is 5.45. The molecule has 0 aromatic heterocycles. The first kappa shape index (κ1) is 11.6. The summed E-state index contributed by atoms with van der Waals surface area (Å²) >= 11 is 0. The van der Waals surface area contributed by atoms with Crippen LogP contribution in [0.25, 0.3) is 0 Å². The molecule has 1 aliphatic rings. The van der Waals surface area contributed by atoms with Crippen molar-refractivity contribution in [2.45, 2.75) is 39.3 Å². The van der Waals surface area contributed by atoms with Gasteiger partial charge in [0.05, 0.1) is 6.61 Å². The Hall–Kier alpha value is -0.860. The molecule has 1 fully saturated rings. The molecule has 16 heavy (non-hydrogen) atoms. The molecule has 0 amide bonds. The lowest BCUT2D eigenvalue weighted by Gasteiger charge is -2.24. The minimum Gasteiger partial charge on any atom is -0.379 e. The van der Waals surface area contributed by atoms with E-state index in [9.17, 15) is 0 Å². The number of hydrogen-bond donors (Lipinski definition) is 1. The minimum absolute atomic E-state index is 0.161. The van der Waals surface area contributed by atoms with Crippen LogP contribution in [0, 0.1) is 13.8 Å². The average Bonchev–Trinajstić information content (AvgIpc) is 2.65. The van der Waals surface area contributed by atoms with Crippen LogP contribution >= 0.6 is 0 Å². The zero-order chi connectivity index (χ0) is 11.6. The highest BCUT2D eigenvalue weighted by Gasteiger charge is 2.28. The third-order valence-corrected chi connectivity index (χ3v) is 3.56. The molecule has 0 saturated carbocycles. The van der Waals surface area contributed by atoms with Crippen LogP contribution in [0.3, 0.4) is 0 Å². The van der Waals surface area contributed by atoms with Gasteiger partial charge in [-0.05, 0) is 43.9 Å². The lowest BCUT2D eigenvalue weighted by Crippen LogP contribution is -2.42. The van der Waals surface area contributed by atoms with E-state index < -0.39 is 0 Å². The molecular weight excluding hydrogens is 198 g/mol. The van der Waals surface area contributed by atoms with Crippen molar-refractivity contribution >= 4 is 0 Å². The Morgan fingerprint density at radius 2 is 2.00 bits per heavy atom. The van der Waals surface area contributed by atoms with Gasteiger partial charge in [-0.25, -0.2) is 0 Å². The smallest absolute Gasteiger partial charge is 0.0646 e. The van der Waals surface area contributed by atoms with Crippen LogP contribution in [0.4, 0.5) is 0 Å². The molecule has 2 nitrogen and oxygen atoms in total. The van der Waals surface area contributed by atoms with Gasteiger partial charge in [-0.15, -0.1) is 0 Å². The fraction of sp³-hybridized carbons (Fsp3) is 0.571. The van der Waals surface area contributed by atoms with Crippen molar-refractivity contribution in [3.63, 3.8) is 0 Å². The Morgan fingerprint density at radius 3 is 2.56 bits per heavy atom. The average molecular weight is 219 g/mol. The highest BCUT2D eigenvalue weighted by atomic mass is 16.5. The van der Waals surface area contributed by atoms with E-state index in [0.717, 1.165) is 26.2 Å². The molecule has 1 aromatic carbocycles. The topological polar surface area (TPSA) is 21.3 Å². The van der Waals surface area contributed by atoms with Crippen LogP contribution in [-0.4, -0.2) is 18.8 Å². The lowest BCUT2D eigenvalue weighted by atomic mass is 9.98. The predicted octanol–water partition coefficient (Wildman–Crippen LogP) is 2.57. The fourth-order valence-corrected chi connectivity index (χ4v) is 2.24. The Morgan fingerprint density at radius 1 is 1.31 bits per heavy atom. The van der Waals surface area contributed by atoms with Crippen molar-refractivity contribution < 1.29 is 4.74 Å². The van der Waals surface area contributed by atoms with Crippen molar-refractivity contribution in [1.82, 2.24) is 5.32 Å². The number of rotatable bonds is 3. The second kappa shape index (κ2) is 4.56. The molecule has 88 valence electrons. The van der Waals surface area contributed by atoms with Gasteiger partial charge in [0.15, 0.2) is 0 Å². The van der Waals surface area contributed by atoms with Crippen molar-refractivity contribution in [1.29, 1.82) is 0 Å². The summed E-state index contributed by atoms with van der Waals surface area (Å²) in [5.41, 5.74) is 4.33. The van der Waals surface area contributed by atoms with E-state index in [1.807, 2.05) is 0 Å². The zero-order valence-corrected chi connectivity index (χ0v) is 10.5. The molecule has 1 unspecified atom stereocenters. The van der Waals surface area contributed by atoms with Crippen molar-refractivity contribution in [2.75, 3.05) is 13.2 Å². The van der Waals surface area contributed by atoms with Gasteiger partial charge in [0.25, 0.3) is 0 Å². The second-order valence-electron chi connectivity index (χ2n) is 5.09. The zero-order valence-electron chi connectivity index (χ0n) is 10.5. The van der Waals surface area contributed by atoms with Crippen molar-refractivity contribution in [2.24, 2.45) is 0 Å². The fourth-order valence-electron chi connectivity index (χ4n) is 2.24. The summed E-state index contributed by atoms with van der Waals surface area (Å²) in [6, 6.07) is 6.48. The standard InChI is InChI=1S/C14H21NO/c1-11-5-4-6-12(2)13(11)9-15-14(3)7-8-16-10-14/h4-6,15H,7-10H2,1-3H3. The Kier molecular flexibility index (Phi) is 3.31. The second-order valence-corrected chi connectivity index (χ2v) is 5.09. The first-order chi connectivity index (χ1) is 7.61. The molecular formula is C14H21NO. The summed E-state index contributed by atoms with van der Waals surface area (Å²) in [5.74, 6) is 0. The number of hydrogen-bond acceptors (Lipinski definition) is 2. The van der Waals surface area contributed by atoms with Gasteiger partial charge < -0.3 is 10.1 Å². The number of aryl methyl sites for hydroxylation is 2. The monoisotopic (exact) mass is 219 g/mol. The molecule has 0 spiro atoms. The van der Waals surface area contributed by atoms with E-state index in [2.05, 4.69) is 44.3 Å². The third kappa shape index (κ3) is 2.45. The van der Waals surface area contributed by atoms with E-state index in [-0.39, 0.29) is 5.54 Å². The maximum atomic E-state index is 5.45. The van der Waals surface area contributed by atoms with E-state index in [1.165, 1.54) is 16.7 Å². The van der Waals surface area contributed by atoms with Crippen LogP contribution in [0.1, 0.15) is 30.0 Å². The molecule has 2 heteroatoms. The summed E-state index contributed by atoms with van der Waals surface area (Å²) in [5, 5.41) is 3.63. The molecule has 1 heterocycles. The predicted molar refractivity (Wildman–Crippen MR) is 66.6 cm³/mol. The van der Waals surface area contributed by atoms with Gasteiger partial charge >= 0.3 is 0 Å². The Balaban J connectivity index is 2.04. The van der Waals surface area contributed by atoms with E-state index in [4.69, 9.17) is 4.74 Å². The third-order valence-electron chi connectivity index (χ3n) is 3.56. The Labute approximate surface area is 98.0 Å². The van der Waals surface area contributed by atoms with Gasteiger partial charge in [0.1, 0.15) is 0 Å². The quantitative estimate of drug-likeness (QED) is 0.843. The van der Waals surface area contributed by atoms with Crippen LogP contribution < -0.4 is 5.32 Å². The normalized spacial score (nSPS) is 24.9. The van der Waals surface area contributed by atoms with Gasteiger partial charge in [-0.1, -0.05) is 18.2 Å². The van der Waals surface area contributed by atoms with Crippen molar-refractivity contribution in [3.8, 4) is 0 Å². The highest BCUT2D eigenvalue weighted by molar-refractivity contribution is 5.33. The SMILES string of the molecule is Cc1cccc(C)c1CNC1(C)CCOC1. The molecule has 1 aromatic rings. The van der Waals surface area contributed by atoms with Gasteiger partial charge in [0, 0.05) is 18.7 Å². The first-order valence-electron chi connectivity index (χ1n) is 5.99. The summed E-state index contributed by atoms with van der Waals surface area (Å²) in [6.07, 6.45) is 1.11. The lowest BCUT2D eigenvalue weighted by molar-refractivity contribution is 0.171. The largest absolute Gasteiger partial charge is 0.379 e.